The molecule has 1 amide bonds. The fraction of sp³-hybridized carbons (Fsp3) is 0.500. The van der Waals surface area contributed by atoms with Crippen LogP contribution in [0.1, 0.15) is 44.3 Å². The van der Waals surface area contributed by atoms with Crippen molar-refractivity contribution in [3.63, 3.8) is 0 Å². The second kappa shape index (κ2) is 8.12. The van der Waals surface area contributed by atoms with E-state index >= 15 is 0 Å². The van der Waals surface area contributed by atoms with Gasteiger partial charge in [-0.15, -0.1) is 0 Å². The SMILES string of the molecule is CCCCCC(=O)NCC(O)c1ccc(Cl)c(F)c1. The lowest BCUT2D eigenvalue weighted by molar-refractivity contribution is -0.121. The molecule has 5 heteroatoms. The van der Waals surface area contributed by atoms with Gasteiger partial charge in [-0.2, -0.15) is 0 Å². The van der Waals surface area contributed by atoms with E-state index in [1.807, 2.05) is 0 Å². The highest BCUT2D eigenvalue weighted by Crippen LogP contribution is 2.19. The minimum absolute atomic E-state index is 0.0135. The molecule has 1 aromatic carbocycles. The molecular weight excluding hydrogens is 269 g/mol. The average Bonchev–Trinajstić information content (AvgIpc) is 2.39. The first-order chi connectivity index (χ1) is 9.04. The predicted octanol–water partition coefficient (Wildman–Crippen LogP) is 3.21. The lowest BCUT2D eigenvalue weighted by atomic mass is 10.1. The van der Waals surface area contributed by atoms with Crippen LogP contribution in [0.5, 0.6) is 0 Å². The highest BCUT2D eigenvalue weighted by Gasteiger charge is 2.11. The normalized spacial score (nSPS) is 12.2. The van der Waals surface area contributed by atoms with Crippen LogP contribution in [-0.4, -0.2) is 17.6 Å². The third-order valence-corrected chi connectivity index (χ3v) is 3.13. The molecule has 0 heterocycles. The Kier molecular flexibility index (Phi) is 6.81. The number of unbranched alkanes of at least 4 members (excludes halogenated alkanes) is 2. The summed E-state index contributed by atoms with van der Waals surface area (Å²) in [5, 5.41) is 12.5. The first-order valence-corrected chi connectivity index (χ1v) is 6.82. The van der Waals surface area contributed by atoms with Crippen LogP contribution in [0.3, 0.4) is 0 Å². The number of halogens is 2. The summed E-state index contributed by atoms with van der Waals surface area (Å²) in [7, 11) is 0. The van der Waals surface area contributed by atoms with Gasteiger partial charge in [-0.3, -0.25) is 4.79 Å². The molecule has 0 spiro atoms. The molecule has 0 saturated heterocycles. The maximum absolute atomic E-state index is 13.2. The van der Waals surface area contributed by atoms with Gasteiger partial charge in [0.1, 0.15) is 5.82 Å². The van der Waals surface area contributed by atoms with Crippen molar-refractivity contribution in [2.75, 3.05) is 6.54 Å². The van der Waals surface area contributed by atoms with Gasteiger partial charge in [-0.05, 0) is 24.1 Å². The molecule has 1 unspecified atom stereocenters. The Morgan fingerprint density at radius 3 is 2.84 bits per heavy atom. The molecule has 3 nitrogen and oxygen atoms in total. The van der Waals surface area contributed by atoms with Gasteiger partial charge in [0.2, 0.25) is 5.91 Å². The van der Waals surface area contributed by atoms with Gasteiger partial charge in [-0.25, -0.2) is 4.39 Å². The molecule has 0 radical (unpaired) electrons. The first kappa shape index (κ1) is 15.9. The van der Waals surface area contributed by atoms with Crippen molar-refractivity contribution in [3.8, 4) is 0 Å². The Morgan fingerprint density at radius 2 is 2.21 bits per heavy atom. The summed E-state index contributed by atoms with van der Waals surface area (Å²) in [6.45, 7) is 2.14. The summed E-state index contributed by atoms with van der Waals surface area (Å²) >= 11 is 5.56. The Balaban J connectivity index is 2.40. The number of nitrogens with one attached hydrogen (secondary N) is 1. The van der Waals surface area contributed by atoms with E-state index in [2.05, 4.69) is 12.2 Å². The molecule has 0 aliphatic heterocycles. The summed E-state index contributed by atoms with van der Waals surface area (Å²) in [5.74, 6) is -0.672. The average molecular weight is 288 g/mol. The fourth-order valence-corrected chi connectivity index (χ4v) is 1.79. The number of benzene rings is 1. The van der Waals surface area contributed by atoms with Crippen molar-refractivity contribution in [1.82, 2.24) is 5.32 Å². The maximum atomic E-state index is 13.2. The zero-order valence-corrected chi connectivity index (χ0v) is 11.7. The lowest BCUT2D eigenvalue weighted by Crippen LogP contribution is -2.28. The number of hydrogen-bond acceptors (Lipinski definition) is 2. The van der Waals surface area contributed by atoms with Crippen molar-refractivity contribution < 1.29 is 14.3 Å². The highest BCUT2D eigenvalue weighted by molar-refractivity contribution is 6.30. The van der Waals surface area contributed by atoms with Gasteiger partial charge in [0.15, 0.2) is 0 Å². The van der Waals surface area contributed by atoms with Crippen LogP contribution in [-0.2, 0) is 4.79 Å². The van der Waals surface area contributed by atoms with Crippen molar-refractivity contribution >= 4 is 17.5 Å². The van der Waals surface area contributed by atoms with Gasteiger partial charge < -0.3 is 10.4 Å². The van der Waals surface area contributed by atoms with E-state index in [1.54, 1.807) is 6.07 Å². The molecule has 0 aromatic heterocycles. The monoisotopic (exact) mass is 287 g/mol. The predicted molar refractivity (Wildman–Crippen MR) is 73.5 cm³/mol. The van der Waals surface area contributed by atoms with Crippen LogP contribution in [0.2, 0.25) is 5.02 Å². The Labute approximate surface area is 117 Å². The number of carbonyl (C=O) groups excluding carboxylic acids is 1. The summed E-state index contributed by atoms with van der Waals surface area (Å²) in [4.78, 5) is 11.5. The number of hydrogen-bond donors (Lipinski definition) is 2. The summed E-state index contributed by atoms with van der Waals surface area (Å²) in [6.07, 6.45) is 2.43. The minimum atomic E-state index is -0.929. The smallest absolute Gasteiger partial charge is 0.220 e. The largest absolute Gasteiger partial charge is 0.387 e. The number of rotatable bonds is 7. The van der Waals surface area contributed by atoms with Crippen LogP contribution in [0, 0.1) is 5.82 Å². The van der Waals surface area contributed by atoms with E-state index in [4.69, 9.17) is 11.6 Å². The highest BCUT2D eigenvalue weighted by atomic mass is 35.5. The van der Waals surface area contributed by atoms with Crippen molar-refractivity contribution in [2.24, 2.45) is 0 Å². The molecule has 106 valence electrons. The van der Waals surface area contributed by atoms with E-state index in [0.29, 0.717) is 12.0 Å². The first-order valence-electron chi connectivity index (χ1n) is 6.44. The lowest BCUT2D eigenvalue weighted by Gasteiger charge is -2.12. The zero-order chi connectivity index (χ0) is 14.3. The van der Waals surface area contributed by atoms with Gasteiger partial charge in [0, 0.05) is 13.0 Å². The molecule has 0 aliphatic carbocycles. The molecule has 1 atom stereocenters. The zero-order valence-electron chi connectivity index (χ0n) is 11.0. The Hall–Kier alpha value is -1.13. The van der Waals surface area contributed by atoms with Crippen LogP contribution in [0.4, 0.5) is 4.39 Å². The van der Waals surface area contributed by atoms with Crippen LogP contribution in [0.25, 0.3) is 0 Å². The number of amides is 1. The van der Waals surface area contributed by atoms with E-state index in [1.165, 1.54) is 12.1 Å². The third kappa shape index (κ3) is 5.57. The summed E-state index contributed by atoms with van der Waals surface area (Å²) in [6, 6.07) is 4.11. The second-order valence-electron chi connectivity index (χ2n) is 4.45. The van der Waals surface area contributed by atoms with E-state index < -0.39 is 11.9 Å². The van der Waals surface area contributed by atoms with E-state index in [-0.39, 0.29) is 17.5 Å². The van der Waals surface area contributed by atoms with Crippen LogP contribution in [0.15, 0.2) is 18.2 Å². The van der Waals surface area contributed by atoms with E-state index in [9.17, 15) is 14.3 Å². The van der Waals surface area contributed by atoms with Crippen molar-refractivity contribution in [2.45, 2.75) is 38.7 Å². The van der Waals surface area contributed by atoms with Crippen LogP contribution >= 0.6 is 11.6 Å². The Morgan fingerprint density at radius 1 is 1.47 bits per heavy atom. The summed E-state index contributed by atoms with van der Waals surface area (Å²) in [5.41, 5.74) is 0.399. The molecule has 0 saturated carbocycles. The molecule has 0 bridgehead atoms. The van der Waals surface area contributed by atoms with Gasteiger partial charge in [-0.1, -0.05) is 37.4 Å². The fourth-order valence-electron chi connectivity index (χ4n) is 1.67. The molecule has 1 aromatic rings. The van der Waals surface area contributed by atoms with Gasteiger partial charge >= 0.3 is 0 Å². The summed E-state index contributed by atoms with van der Waals surface area (Å²) < 4.78 is 13.2. The molecular formula is C14H19ClFNO2. The molecule has 2 N–H and O–H groups in total. The topological polar surface area (TPSA) is 49.3 Å². The van der Waals surface area contributed by atoms with Gasteiger partial charge in [0.05, 0.1) is 11.1 Å². The third-order valence-electron chi connectivity index (χ3n) is 2.83. The maximum Gasteiger partial charge on any atom is 0.220 e. The molecule has 0 fully saturated rings. The Bertz CT molecular complexity index is 426. The minimum Gasteiger partial charge on any atom is -0.387 e. The van der Waals surface area contributed by atoms with Crippen molar-refractivity contribution in [3.05, 3.63) is 34.6 Å². The molecule has 19 heavy (non-hydrogen) atoms. The van der Waals surface area contributed by atoms with Gasteiger partial charge in [0.25, 0.3) is 0 Å². The standard InChI is InChI=1S/C14H19ClFNO2/c1-2-3-4-5-14(19)17-9-13(18)10-6-7-11(15)12(16)8-10/h6-8,13,18H,2-5,9H2,1H3,(H,17,19). The second-order valence-corrected chi connectivity index (χ2v) is 4.86. The van der Waals surface area contributed by atoms with Crippen molar-refractivity contribution in [1.29, 1.82) is 0 Å². The van der Waals surface area contributed by atoms with E-state index in [0.717, 1.165) is 19.3 Å². The molecule has 0 aliphatic rings. The number of aliphatic hydroxyl groups excluding tert-OH is 1. The van der Waals surface area contributed by atoms with Crippen LogP contribution < -0.4 is 5.32 Å². The molecule has 1 rings (SSSR count). The number of aliphatic hydroxyl groups is 1. The quantitative estimate of drug-likeness (QED) is 0.757. The number of carbonyl (C=O) groups is 1.